The first-order valence-electron chi connectivity index (χ1n) is 7.08. The van der Waals surface area contributed by atoms with Gasteiger partial charge in [-0.05, 0) is 19.3 Å². The summed E-state index contributed by atoms with van der Waals surface area (Å²) in [6.07, 6.45) is 4.43. The van der Waals surface area contributed by atoms with Crippen LogP contribution in [0.15, 0.2) is 0 Å². The number of nitrogens with zero attached hydrogens (tertiary/aromatic N) is 1. The van der Waals surface area contributed by atoms with Crippen molar-refractivity contribution in [2.45, 2.75) is 40.0 Å². The number of rotatable bonds is 11. The van der Waals surface area contributed by atoms with E-state index in [9.17, 15) is 0 Å². The average molecular weight is 314 g/mol. The van der Waals surface area contributed by atoms with Gasteiger partial charge in [-0.15, -0.1) is 0 Å². The van der Waals surface area contributed by atoms with Crippen LogP contribution < -0.4 is 12.4 Å². The highest BCUT2D eigenvalue weighted by molar-refractivity contribution is 6.60. The number of halogens is 1. The van der Waals surface area contributed by atoms with E-state index in [1.807, 2.05) is 0 Å². The topological polar surface area (TPSA) is 27.7 Å². The second-order valence-electron chi connectivity index (χ2n) is 4.97. The van der Waals surface area contributed by atoms with Crippen molar-refractivity contribution < 1.29 is 30.2 Å². The maximum atomic E-state index is 5.61. The van der Waals surface area contributed by atoms with Crippen molar-refractivity contribution in [3.8, 4) is 0 Å². The zero-order chi connectivity index (χ0) is 14.1. The van der Waals surface area contributed by atoms with E-state index >= 15 is 0 Å². The van der Waals surface area contributed by atoms with Crippen molar-refractivity contribution in [3.05, 3.63) is 0 Å². The Morgan fingerprint density at radius 1 is 0.737 bits per heavy atom. The van der Waals surface area contributed by atoms with Gasteiger partial charge in [0.15, 0.2) is 0 Å². The molecule has 0 amide bonds. The van der Waals surface area contributed by atoms with Crippen LogP contribution in [-0.4, -0.2) is 60.4 Å². The van der Waals surface area contributed by atoms with E-state index in [1.54, 1.807) is 21.3 Å². The van der Waals surface area contributed by atoms with E-state index < -0.39 is 8.80 Å². The molecule has 0 N–H and O–H groups in total. The fourth-order valence-electron chi connectivity index (χ4n) is 2.85. The summed E-state index contributed by atoms with van der Waals surface area (Å²) >= 11 is 0. The molecule has 0 atom stereocenters. The lowest BCUT2D eigenvalue weighted by Gasteiger charge is -2.42. The van der Waals surface area contributed by atoms with Gasteiger partial charge in [-0.2, -0.15) is 0 Å². The minimum Gasteiger partial charge on any atom is -1.00 e. The smallest absolute Gasteiger partial charge is 0.558 e. The van der Waals surface area contributed by atoms with E-state index in [1.165, 1.54) is 38.9 Å². The lowest BCUT2D eigenvalue weighted by atomic mass is 10.2. The minimum atomic E-state index is -2.49. The van der Waals surface area contributed by atoms with Gasteiger partial charge < -0.3 is 30.2 Å². The number of hydrogen-bond donors (Lipinski definition) is 0. The fourth-order valence-corrected chi connectivity index (χ4v) is 5.03. The molecule has 0 aromatic heterocycles. The van der Waals surface area contributed by atoms with Crippen LogP contribution in [0.2, 0.25) is 0 Å². The van der Waals surface area contributed by atoms with Crippen LogP contribution in [0.3, 0.4) is 0 Å². The fraction of sp³-hybridized carbons (Fsp3) is 1.00. The van der Waals surface area contributed by atoms with Gasteiger partial charge in [-0.3, -0.25) is 0 Å². The highest BCUT2D eigenvalue weighted by Crippen LogP contribution is 2.19. The summed E-state index contributed by atoms with van der Waals surface area (Å²) in [6.45, 7) is 10.3. The van der Waals surface area contributed by atoms with Gasteiger partial charge in [-0.1, -0.05) is 20.8 Å². The molecule has 0 aliphatic carbocycles. The molecule has 0 aliphatic heterocycles. The van der Waals surface area contributed by atoms with Crippen LogP contribution in [0, 0.1) is 0 Å². The molecule has 0 aromatic carbocycles. The van der Waals surface area contributed by atoms with E-state index in [-0.39, 0.29) is 12.4 Å². The molecular formula is C13H32ClNO3Si. The van der Waals surface area contributed by atoms with Crippen molar-refractivity contribution >= 4 is 8.80 Å². The SMILES string of the molecule is CCC[N+](CCC)(CCC)C[Si](OC)(OC)OC.[Cl-]. The second-order valence-corrected chi connectivity index (χ2v) is 7.87. The molecule has 0 fully saturated rings. The Morgan fingerprint density at radius 2 is 1.05 bits per heavy atom. The minimum absolute atomic E-state index is 0. The Morgan fingerprint density at radius 3 is 1.26 bits per heavy atom. The molecular weight excluding hydrogens is 282 g/mol. The molecule has 4 nitrogen and oxygen atoms in total. The summed E-state index contributed by atoms with van der Waals surface area (Å²) in [5, 5.41) is 0. The molecule has 0 heterocycles. The molecule has 0 radical (unpaired) electrons. The molecule has 0 aromatic rings. The normalized spacial score (nSPS) is 12.3. The maximum absolute atomic E-state index is 5.61. The Bertz CT molecular complexity index is 191. The number of hydrogen-bond acceptors (Lipinski definition) is 3. The van der Waals surface area contributed by atoms with E-state index in [0.717, 1.165) is 10.7 Å². The summed E-state index contributed by atoms with van der Waals surface area (Å²) < 4.78 is 17.9. The Hall–Kier alpha value is 0.347. The first-order valence-corrected chi connectivity index (χ1v) is 9.01. The highest BCUT2D eigenvalue weighted by Gasteiger charge is 2.47. The predicted molar refractivity (Wildman–Crippen MR) is 77.4 cm³/mol. The molecule has 0 rings (SSSR count). The van der Waals surface area contributed by atoms with Crippen LogP contribution >= 0.6 is 0 Å². The second kappa shape index (κ2) is 11.1. The van der Waals surface area contributed by atoms with Gasteiger partial charge in [0.25, 0.3) is 0 Å². The van der Waals surface area contributed by atoms with Gasteiger partial charge in [-0.25, -0.2) is 0 Å². The first kappa shape index (κ1) is 21.6. The largest absolute Gasteiger partial charge is 1.00 e. The Labute approximate surface area is 126 Å². The zero-order valence-corrected chi connectivity index (χ0v) is 15.3. The van der Waals surface area contributed by atoms with Gasteiger partial charge in [0, 0.05) is 21.3 Å². The third kappa shape index (κ3) is 6.56. The first-order chi connectivity index (χ1) is 8.57. The molecule has 0 saturated heterocycles. The quantitative estimate of drug-likeness (QED) is 0.379. The molecule has 0 spiro atoms. The summed E-state index contributed by atoms with van der Waals surface area (Å²) in [5.74, 6) is 0. The molecule has 118 valence electrons. The Balaban J connectivity index is 0. The van der Waals surface area contributed by atoms with Crippen molar-refractivity contribution in [1.29, 1.82) is 0 Å². The van der Waals surface area contributed by atoms with E-state index in [0.29, 0.717) is 0 Å². The number of quaternary nitrogens is 1. The summed E-state index contributed by atoms with van der Waals surface area (Å²) in [4.78, 5) is 0. The molecule has 0 saturated carbocycles. The monoisotopic (exact) mass is 313 g/mol. The van der Waals surface area contributed by atoms with Gasteiger partial charge >= 0.3 is 8.80 Å². The summed E-state index contributed by atoms with van der Waals surface area (Å²) in [7, 11) is 2.63. The lowest BCUT2D eigenvalue weighted by Crippen LogP contribution is -3.00. The van der Waals surface area contributed by atoms with E-state index in [2.05, 4.69) is 20.8 Å². The van der Waals surface area contributed by atoms with Gasteiger partial charge in [0.2, 0.25) is 0 Å². The maximum Gasteiger partial charge on any atom is 0.558 e. The van der Waals surface area contributed by atoms with Crippen LogP contribution in [0.25, 0.3) is 0 Å². The van der Waals surface area contributed by atoms with Crippen LogP contribution in [-0.2, 0) is 13.3 Å². The molecule has 0 unspecified atom stereocenters. The average Bonchev–Trinajstić information content (AvgIpc) is 2.37. The van der Waals surface area contributed by atoms with Crippen LogP contribution in [0.5, 0.6) is 0 Å². The van der Waals surface area contributed by atoms with Crippen molar-refractivity contribution in [2.24, 2.45) is 0 Å². The third-order valence-electron chi connectivity index (χ3n) is 3.56. The van der Waals surface area contributed by atoms with Gasteiger partial charge in [0.1, 0.15) is 6.17 Å². The van der Waals surface area contributed by atoms with E-state index in [4.69, 9.17) is 13.3 Å². The molecule has 6 heteroatoms. The zero-order valence-electron chi connectivity index (χ0n) is 13.5. The molecule has 19 heavy (non-hydrogen) atoms. The predicted octanol–water partition coefficient (Wildman–Crippen LogP) is -0.545. The third-order valence-corrected chi connectivity index (χ3v) is 6.48. The van der Waals surface area contributed by atoms with Crippen LogP contribution in [0.1, 0.15) is 40.0 Å². The van der Waals surface area contributed by atoms with Gasteiger partial charge in [0.05, 0.1) is 19.6 Å². The summed E-state index contributed by atoms with van der Waals surface area (Å²) in [5.41, 5.74) is 0. The molecule has 0 aliphatic rings. The molecule has 0 bridgehead atoms. The lowest BCUT2D eigenvalue weighted by molar-refractivity contribution is -0.921. The van der Waals surface area contributed by atoms with Crippen LogP contribution in [0.4, 0.5) is 0 Å². The summed E-state index contributed by atoms with van der Waals surface area (Å²) in [6, 6.07) is 0. The van der Waals surface area contributed by atoms with Crippen molar-refractivity contribution in [2.75, 3.05) is 47.1 Å². The standard InChI is InChI=1S/C13H32NO3Si.ClH/c1-7-10-14(11-8-2,12-9-3)13-18(15-4,16-5)17-6;/h7-13H2,1-6H3;1H/q+1;/p-1. The van der Waals surface area contributed by atoms with Crippen molar-refractivity contribution in [3.63, 3.8) is 0 Å². The Kier molecular flexibility index (Phi) is 12.6. The van der Waals surface area contributed by atoms with Crippen molar-refractivity contribution in [1.82, 2.24) is 0 Å². The highest BCUT2D eigenvalue weighted by atomic mass is 35.5.